The SMILES string of the molecule is Cc1ccc(N2CC(CCO)OC2=O)cc1. The van der Waals surface area contributed by atoms with Gasteiger partial charge in [-0.25, -0.2) is 4.79 Å². The molecule has 86 valence electrons. The molecule has 0 aromatic heterocycles. The highest BCUT2D eigenvalue weighted by Crippen LogP contribution is 2.22. The third kappa shape index (κ3) is 2.17. The van der Waals surface area contributed by atoms with E-state index < -0.39 is 0 Å². The lowest BCUT2D eigenvalue weighted by molar-refractivity contribution is 0.122. The summed E-state index contributed by atoms with van der Waals surface area (Å²) in [5.41, 5.74) is 2.00. The highest BCUT2D eigenvalue weighted by atomic mass is 16.6. The summed E-state index contributed by atoms with van der Waals surface area (Å²) in [4.78, 5) is 13.2. The number of rotatable bonds is 3. The molecule has 0 spiro atoms. The van der Waals surface area contributed by atoms with Gasteiger partial charge in [-0.15, -0.1) is 0 Å². The number of aliphatic hydroxyl groups excluding tert-OH is 1. The van der Waals surface area contributed by atoms with Crippen LogP contribution in [0, 0.1) is 6.92 Å². The van der Waals surface area contributed by atoms with E-state index in [0.717, 1.165) is 11.3 Å². The second kappa shape index (κ2) is 4.53. The number of hydrogen-bond acceptors (Lipinski definition) is 3. The van der Waals surface area contributed by atoms with E-state index in [4.69, 9.17) is 9.84 Å². The summed E-state index contributed by atoms with van der Waals surface area (Å²) in [5.74, 6) is 0. The Labute approximate surface area is 94.4 Å². The largest absolute Gasteiger partial charge is 0.444 e. The number of benzene rings is 1. The van der Waals surface area contributed by atoms with Crippen molar-refractivity contribution in [3.8, 4) is 0 Å². The van der Waals surface area contributed by atoms with E-state index in [-0.39, 0.29) is 18.8 Å². The Morgan fingerprint density at radius 1 is 1.44 bits per heavy atom. The van der Waals surface area contributed by atoms with Gasteiger partial charge in [-0.1, -0.05) is 17.7 Å². The van der Waals surface area contributed by atoms with Crippen LogP contribution in [0.15, 0.2) is 24.3 Å². The molecule has 1 aromatic carbocycles. The molecule has 4 nitrogen and oxygen atoms in total. The Morgan fingerprint density at radius 3 is 2.75 bits per heavy atom. The molecule has 1 amide bonds. The van der Waals surface area contributed by atoms with E-state index >= 15 is 0 Å². The first-order valence-corrected chi connectivity index (χ1v) is 5.36. The number of aryl methyl sites for hydroxylation is 1. The van der Waals surface area contributed by atoms with E-state index in [2.05, 4.69) is 0 Å². The molecule has 1 aliphatic heterocycles. The first kappa shape index (κ1) is 11.0. The highest BCUT2D eigenvalue weighted by Gasteiger charge is 2.31. The average Bonchev–Trinajstić information content (AvgIpc) is 2.61. The maximum atomic E-state index is 11.6. The minimum Gasteiger partial charge on any atom is -0.444 e. The van der Waals surface area contributed by atoms with Gasteiger partial charge in [0.15, 0.2) is 0 Å². The molecule has 1 heterocycles. The van der Waals surface area contributed by atoms with Gasteiger partial charge in [0.25, 0.3) is 0 Å². The van der Waals surface area contributed by atoms with Crippen LogP contribution < -0.4 is 4.90 Å². The quantitative estimate of drug-likeness (QED) is 0.845. The Kier molecular flexibility index (Phi) is 3.10. The Morgan fingerprint density at radius 2 is 2.12 bits per heavy atom. The van der Waals surface area contributed by atoms with Crippen LogP contribution in [0.4, 0.5) is 10.5 Å². The van der Waals surface area contributed by atoms with Gasteiger partial charge in [0.2, 0.25) is 0 Å². The minimum atomic E-state index is -0.331. The molecule has 1 saturated heterocycles. The summed E-state index contributed by atoms with van der Waals surface area (Å²) in [6.45, 7) is 2.56. The minimum absolute atomic E-state index is 0.0414. The second-order valence-corrected chi connectivity index (χ2v) is 3.96. The van der Waals surface area contributed by atoms with Gasteiger partial charge in [-0.05, 0) is 19.1 Å². The van der Waals surface area contributed by atoms with Crippen LogP contribution in [0.3, 0.4) is 0 Å². The zero-order chi connectivity index (χ0) is 11.5. The third-order valence-electron chi connectivity index (χ3n) is 2.67. The molecule has 0 bridgehead atoms. The maximum Gasteiger partial charge on any atom is 0.414 e. The van der Waals surface area contributed by atoms with Crippen LogP contribution >= 0.6 is 0 Å². The van der Waals surface area contributed by atoms with Gasteiger partial charge in [0, 0.05) is 18.7 Å². The lowest BCUT2D eigenvalue weighted by atomic mass is 10.2. The summed E-state index contributed by atoms with van der Waals surface area (Å²) < 4.78 is 5.13. The predicted octanol–water partition coefficient (Wildman–Crippen LogP) is 1.70. The molecular weight excluding hydrogens is 206 g/mol. The van der Waals surface area contributed by atoms with Crippen molar-refractivity contribution in [2.75, 3.05) is 18.1 Å². The topological polar surface area (TPSA) is 49.8 Å². The Hall–Kier alpha value is -1.55. The van der Waals surface area contributed by atoms with Crippen LogP contribution in [0.2, 0.25) is 0 Å². The number of hydrogen-bond donors (Lipinski definition) is 1. The summed E-state index contributed by atoms with van der Waals surface area (Å²) in [7, 11) is 0. The van der Waals surface area contributed by atoms with E-state index in [9.17, 15) is 4.79 Å². The fraction of sp³-hybridized carbons (Fsp3) is 0.417. The van der Waals surface area contributed by atoms with Crippen LogP contribution in [0.5, 0.6) is 0 Å². The zero-order valence-electron chi connectivity index (χ0n) is 9.22. The predicted molar refractivity (Wildman–Crippen MR) is 60.5 cm³/mol. The number of ether oxygens (including phenoxy) is 1. The van der Waals surface area contributed by atoms with Crippen molar-refractivity contribution in [3.05, 3.63) is 29.8 Å². The van der Waals surface area contributed by atoms with Crippen LogP contribution in [0.25, 0.3) is 0 Å². The molecule has 1 aromatic rings. The van der Waals surface area contributed by atoms with Gasteiger partial charge < -0.3 is 9.84 Å². The standard InChI is InChI=1S/C12H15NO3/c1-9-2-4-10(5-3-9)13-8-11(6-7-14)16-12(13)15/h2-5,11,14H,6-8H2,1H3. The Balaban J connectivity index is 2.10. The average molecular weight is 221 g/mol. The second-order valence-electron chi connectivity index (χ2n) is 3.96. The van der Waals surface area contributed by atoms with Gasteiger partial charge in [-0.2, -0.15) is 0 Å². The first-order valence-electron chi connectivity index (χ1n) is 5.36. The van der Waals surface area contributed by atoms with Crippen LogP contribution in [-0.4, -0.2) is 30.5 Å². The summed E-state index contributed by atoms with van der Waals surface area (Å²) in [6, 6.07) is 7.72. The molecule has 1 unspecified atom stereocenters. The van der Waals surface area contributed by atoms with Crippen molar-refractivity contribution in [1.29, 1.82) is 0 Å². The number of anilines is 1. The summed E-state index contributed by atoms with van der Waals surface area (Å²) in [5, 5.41) is 8.80. The van der Waals surface area contributed by atoms with Gasteiger partial charge in [0.05, 0.1) is 6.54 Å². The van der Waals surface area contributed by atoms with Crippen molar-refractivity contribution >= 4 is 11.8 Å². The van der Waals surface area contributed by atoms with Gasteiger partial charge in [-0.3, -0.25) is 4.90 Å². The Bertz CT molecular complexity index is 374. The normalized spacial score (nSPS) is 20.0. The fourth-order valence-electron chi connectivity index (χ4n) is 1.75. The van der Waals surface area contributed by atoms with Gasteiger partial charge in [0.1, 0.15) is 6.10 Å². The van der Waals surface area contributed by atoms with E-state index in [1.807, 2.05) is 31.2 Å². The van der Waals surface area contributed by atoms with Crippen LogP contribution in [0.1, 0.15) is 12.0 Å². The monoisotopic (exact) mass is 221 g/mol. The number of carbonyl (C=O) groups excluding carboxylic acids is 1. The van der Waals surface area contributed by atoms with Gasteiger partial charge >= 0.3 is 6.09 Å². The van der Waals surface area contributed by atoms with E-state index in [0.29, 0.717) is 13.0 Å². The summed E-state index contributed by atoms with van der Waals surface area (Å²) in [6.07, 6.45) is -0.0326. The highest BCUT2D eigenvalue weighted by molar-refractivity contribution is 5.89. The number of aliphatic hydroxyl groups is 1. The number of amides is 1. The molecule has 1 fully saturated rings. The molecule has 1 N–H and O–H groups in total. The molecule has 0 radical (unpaired) electrons. The van der Waals surface area contributed by atoms with Crippen molar-refractivity contribution in [1.82, 2.24) is 0 Å². The van der Waals surface area contributed by atoms with Crippen molar-refractivity contribution in [2.45, 2.75) is 19.4 Å². The lowest BCUT2D eigenvalue weighted by Crippen LogP contribution is -2.24. The lowest BCUT2D eigenvalue weighted by Gasteiger charge is -2.12. The molecular formula is C12H15NO3. The molecule has 1 aliphatic rings. The van der Waals surface area contributed by atoms with E-state index in [1.54, 1.807) is 4.90 Å². The smallest absolute Gasteiger partial charge is 0.414 e. The third-order valence-corrected chi connectivity index (χ3v) is 2.67. The molecule has 4 heteroatoms. The van der Waals surface area contributed by atoms with Crippen molar-refractivity contribution in [2.24, 2.45) is 0 Å². The first-order chi connectivity index (χ1) is 7.70. The number of nitrogens with zero attached hydrogens (tertiary/aromatic N) is 1. The fourth-order valence-corrected chi connectivity index (χ4v) is 1.75. The van der Waals surface area contributed by atoms with Crippen molar-refractivity contribution < 1.29 is 14.6 Å². The summed E-state index contributed by atoms with van der Waals surface area (Å²) >= 11 is 0. The number of carbonyl (C=O) groups is 1. The van der Waals surface area contributed by atoms with Crippen LogP contribution in [-0.2, 0) is 4.74 Å². The van der Waals surface area contributed by atoms with E-state index in [1.165, 1.54) is 0 Å². The maximum absolute atomic E-state index is 11.6. The molecule has 2 rings (SSSR count). The molecule has 0 aliphatic carbocycles. The van der Waals surface area contributed by atoms with Crippen molar-refractivity contribution in [3.63, 3.8) is 0 Å². The zero-order valence-corrected chi connectivity index (χ0v) is 9.22. The molecule has 16 heavy (non-hydrogen) atoms. The number of cyclic esters (lactones) is 1. The molecule has 0 saturated carbocycles. The molecule has 1 atom stereocenters.